The Hall–Kier alpha value is -1.06. The van der Waals surface area contributed by atoms with E-state index in [4.69, 9.17) is 9.47 Å². The molecule has 0 aromatic heterocycles. The van der Waals surface area contributed by atoms with Crippen LogP contribution in [0.3, 0.4) is 0 Å². The summed E-state index contributed by atoms with van der Waals surface area (Å²) in [6.07, 6.45) is 13.8. The average Bonchev–Trinajstić information content (AvgIpc) is 2.64. The van der Waals surface area contributed by atoms with Gasteiger partial charge < -0.3 is 9.47 Å². The van der Waals surface area contributed by atoms with Crippen LogP contribution in [0.5, 0.6) is 0 Å². The van der Waals surface area contributed by atoms with Crippen molar-refractivity contribution in [1.82, 2.24) is 0 Å². The Balaban J connectivity index is 3.49. The zero-order valence-corrected chi connectivity index (χ0v) is 17.5. The second kappa shape index (κ2) is 18.7. The molecule has 154 valence electrons. The monoisotopic (exact) mass is 370 g/mol. The highest BCUT2D eigenvalue weighted by Gasteiger charge is 2.10. The highest BCUT2D eigenvalue weighted by atomic mass is 16.5. The van der Waals surface area contributed by atoms with Crippen LogP contribution in [0.2, 0.25) is 0 Å². The quantitative estimate of drug-likeness (QED) is 0.212. The highest BCUT2D eigenvalue weighted by Crippen LogP contribution is 2.14. The lowest BCUT2D eigenvalue weighted by atomic mass is 10.0. The fourth-order valence-electron chi connectivity index (χ4n) is 2.86. The van der Waals surface area contributed by atoms with E-state index in [0.717, 1.165) is 44.9 Å². The van der Waals surface area contributed by atoms with Crippen LogP contribution in [-0.4, -0.2) is 25.2 Å². The van der Waals surface area contributed by atoms with E-state index in [1.165, 1.54) is 32.1 Å². The van der Waals surface area contributed by atoms with Gasteiger partial charge in [-0.25, -0.2) is 0 Å². The van der Waals surface area contributed by atoms with Crippen LogP contribution in [0, 0.1) is 5.92 Å². The predicted octanol–water partition coefficient (Wildman–Crippen LogP) is 6.21. The van der Waals surface area contributed by atoms with Gasteiger partial charge >= 0.3 is 11.9 Å². The normalized spacial score (nSPS) is 12.0. The Morgan fingerprint density at radius 1 is 0.692 bits per heavy atom. The van der Waals surface area contributed by atoms with Gasteiger partial charge in [0.1, 0.15) is 0 Å². The third-order valence-corrected chi connectivity index (χ3v) is 4.80. The molecule has 0 N–H and O–H groups in total. The number of esters is 2. The van der Waals surface area contributed by atoms with Crippen LogP contribution < -0.4 is 0 Å². The minimum absolute atomic E-state index is 0.102. The third kappa shape index (κ3) is 16.4. The second-order valence-corrected chi connectivity index (χ2v) is 7.29. The molecule has 0 spiro atoms. The molecule has 0 radical (unpaired) electrons. The fourth-order valence-corrected chi connectivity index (χ4v) is 2.86. The van der Waals surface area contributed by atoms with Crippen molar-refractivity contribution in [3.8, 4) is 0 Å². The standard InChI is InChI=1S/C22H42O4/c1-4-7-9-10-14-18-25-21(23)16-12-11-13-17-22(24)26-19-20(6-3)15-8-5-2/h20H,4-19H2,1-3H3. The van der Waals surface area contributed by atoms with Crippen molar-refractivity contribution in [1.29, 1.82) is 0 Å². The third-order valence-electron chi connectivity index (χ3n) is 4.80. The van der Waals surface area contributed by atoms with Crippen LogP contribution in [0.15, 0.2) is 0 Å². The van der Waals surface area contributed by atoms with Gasteiger partial charge in [0, 0.05) is 12.8 Å². The summed E-state index contributed by atoms with van der Waals surface area (Å²) in [6.45, 7) is 7.63. The van der Waals surface area contributed by atoms with E-state index in [1.54, 1.807) is 0 Å². The first-order valence-corrected chi connectivity index (χ1v) is 10.9. The number of hydrogen-bond acceptors (Lipinski definition) is 4. The zero-order valence-electron chi connectivity index (χ0n) is 17.5. The summed E-state index contributed by atoms with van der Waals surface area (Å²) in [5.41, 5.74) is 0. The molecule has 1 atom stereocenters. The number of hydrogen-bond donors (Lipinski definition) is 0. The van der Waals surface area contributed by atoms with Gasteiger partial charge in [0.15, 0.2) is 0 Å². The average molecular weight is 371 g/mol. The fraction of sp³-hybridized carbons (Fsp3) is 0.909. The molecule has 0 aliphatic heterocycles. The van der Waals surface area contributed by atoms with Crippen molar-refractivity contribution >= 4 is 11.9 Å². The number of carbonyl (C=O) groups is 2. The summed E-state index contributed by atoms with van der Waals surface area (Å²) in [5, 5.41) is 0. The molecule has 0 aliphatic carbocycles. The molecule has 4 nitrogen and oxygen atoms in total. The van der Waals surface area contributed by atoms with Crippen LogP contribution in [0.25, 0.3) is 0 Å². The minimum Gasteiger partial charge on any atom is -0.466 e. The first kappa shape index (κ1) is 24.9. The van der Waals surface area contributed by atoms with E-state index in [2.05, 4.69) is 20.8 Å². The number of carbonyl (C=O) groups excluding carboxylic acids is 2. The molecule has 4 heteroatoms. The second-order valence-electron chi connectivity index (χ2n) is 7.29. The van der Waals surface area contributed by atoms with Crippen molar-refractivity contribution in [3.05, 3.63) is 0 Å². The number of ether oxygens (including phenoxy) is 2. The molecule has 0 aromatic carbocycles. The van der Waals surface area contributed by atoms with E-state index in [9.17, 15) is 9.59 Å². The van der Waals surface area contributed by atoms with E-state index < -0.39 is 0 Å². The zero-order chi connectivity index (χ0) is 19.5. The Kier molecular flexibility index (Phi) is 18.0. The van der Waals surface area contributed by atoms with Gasteiger partial charge in [-0.1, -0.05) is 72.1 Å². The van der Waals surface area contributed by atoms with Gasteiger partial charge in [-0.3, -0.25) is 9.59 Å². The molecule has 0 bridgehead atoms. The topological polar surface area (TPSA) is 52.6 Å². The molecule has 0 heterocycles. The number of rotatable bonds is 18. The molecule has 26 heavy (non-hydrogen) atoms. The molecule has 0 rings (SSSR count). The van der Waals surface area contributed by atoms with E-state index in [1.807, 2.05) is 0 Å². The van der Waals surface area contributed by atoms with Gasteiger partial charge in [-0.15, -0.1) is 0 Å². The molecule has 0 fully saturated rings. The first-order valence-electron chi connectivity index (χ1n) is 10.9. The van der Waals surface area contributed by atoms with Gasteiger partial charge in [-0.05, 0) is 31.6 Å². The van der Waals surface area contributed by atoms with Crippen molar-refractivity contribution in [2.45, 2.75) is 111 Å². The summed E-state index contributed by atoms with van der Waals surface area (Å²) >= 11 is 0. The van der Waals surface area contributed by atoms with E-state index in [-0.39, 0.29) is 11.9 Å². The Morgan fingerprint density at radius 2 is 1.27 bits per heavy atom. The molecular formula is C22H42O4. The molecule has 1 unspecified atom stereocenters. The Bertz CT molecular complexity index is 341. The van der Waals surface area contributed by atoms with Crippen molar-refractivity contribution in [3.63, 3.8) is 0 Å². The lowest BCUT2D eigenvalue weighted by molar-refractivity contribution is -0.145. The van der Waals surface area contributed by atoms with Gasteiger partial charge in [0.05, 0.1) is 13.2 Å². The summed E-state index contributed by atoms with van der Waals surface area (Å²) in [5.74, 6) is 0.287. The van der Waals surface area contributed by atoms with Crippen molar-refractivity contribution in [2.24, 2.45) is 5.92 Å². The van der Waals surface area contributed by atoms with Crippen molar-refractivity contribution < 1.29 is 19.1 Å². The van der Waals surface area contributed by atoms with Crippen LogP contribution in [0.1, 0.15) is 111 Å². The lowest BCUT2D eigenvalue weighted by Crippen LogP contribution is -2.13. The van der Waals surface area contributed by atoms with E-state index in [0.29, 0.717) is 32.0 Å². The highest BCUT2D eigenvalue weighted by molar-refractivity contribution is 5.69. The van der Waals surface area contributed by atoms with Gasteiger partial charge in [0.25, 0.3) is 0 Å². The molecule has 0 aromatic rings. The molecule has 0 aliphatic rings. The minimum atomic E-state index is -0.107. The Morgan fingerprint density at radius 3 is 1.88 bits per heavy atom. The lowest BCUT2D eigenvalue weighted by Gasteiger charge is -2.14. The maximum atomic E-state index is 11.8. The van der Waals surface area contributed by atoms with Crippen LogP contribution in [0.4, 0.5) is 0 Å². The number of unbranched alkanes of at least 4 members (excludes halogenated alkanes) is 7. The van der Waals surface area contributed by atoms with Crippen LogP contribution >= 0.6 is 0 Å². The maximum absolute atomic E-state index is 11.8. The van der Waals surface area contributed by atoms with Crippen LogP contribution in [-0.2, 0) is 19.1 Å². The van der Waals surface area contributed by atoms with Gasteiger partial charge in [0.2, 0.25) is 0 Å². The molecule has 0 saturated heterocycles. The Labute approximate surface area is 161 Å². The maximum Gasteiger partial charge on any atom is 0.305 e. The smallest absolute Gasteiger partial charge is 0.305 e. The summed E-state index contributed by atoms with van der Waals surface area (Å²) < 4.78 is 10.6. The largest absolute Gasteiger partial charge is 0.466 e. The van der Waals surface area contributed by atoms with Gasteiger partial charge in [-0.2, -0.15) is 0 Å². The predicted molar refractivity (Wildman–Crippen MR) is 107 cm³/mol. The summed E-state index contributed by atoms with van der Waals surface area (Å²) in [4.78, 5) is 23.4. The summed E-state index contributed by atoms with van der Waals surface area (Å²) in [7, 11) is 0. The molecule has 0 saturated carbocycles. The SMILES string of the molecule is CCCCCCCOC(=O)CCCCCC(=O)OCC(CC)CCCC. The summed E-state index contributed by atoms with van der Waals surface area (Å²) in [6, 6.07) is 0. The first-order chi connectivity index (χ1) is 12.6. The molecule has 0 amide bonds. The van der Waals surface area contributed by atoms with Crippen molar-refractivity contribution in [2.75, 3.05) is 13.2 Å². The van der Waals surface area contributed by atoms with E-state index >= 15 is 0 Å². The molecular weight excluding hydrogens is 328 g/mol.